The lowest BCUT2D eigenvalue weighted by Gasteiger charge is -2.21. The molecule has 0 spiro atoms. The molecule has 1 aliphatic heterocycles. The predicted octanol–water partition coefficient (Wildman–Crippen LogP) is 4.12. The van der Waals surface area contributed by atoms with E-state index in [2.05, 4.69) is 33.5 Å². The minimum absolute atomic E-state index is 0.627. The van der Waals surface area contributed by atoms with Gasteiger partial charge in [-0.15, -0.1) is 0 Å². The number of imidazole rings is 1. The molecule has 1 aliphatic rings. The van der Waals surface area contributed by atoms with E-state index in [-0.39, 0.29) is 0 Å². The third-order valence-electron chi connectivity index (χ3n) is 4.87. The summed E-state index contributed by atoms with van der Waals surface area (Å²) >= 11 is 6.01. The van der Waals surface area contributed by atoms with E-state index in [1.165, 1.54) is 18.4 Å². The molecule has 4 rings (SSSR count). The number of pyridine rings is 1. The first-order valence-corrected chi connectivity index (χ1v) is 8.87. The van der Waals surface area contributed by atoms with Crippen molar-refractivity contribution >= 4 is 22.8 Å². The maximum Gasteiger partial charge on any atom is 0.160 e. The molecule has 0 amide bonds. The summed E-state index contributed by atoms with van der Waals surface area (Å²) in [5.74, 6) is 1.09. The van der Waals surface area contributed by atoms with Crippen LogP contribution in [0.1, 0.15) is 31.2 Å². The Balaban J connectivity index is 1.70. The minimum atomic E-state index is 0.627. The Hall–Kier alpha value is -1.91. The summed E-state index contributed by atoms with van der Waals surface area (Å²) in [5.41, 5.74) is 3.13. The SMILES string of the molecule is CC1CCCN1Cc1nc2cccnc2n1Cc1ccc(Cl)cc1. The lowest BCUT2D eigenvalue weighted by molar-refractivity contribution is 0.251. The van der Waals surface area contributed by atoms with Crippen molar-refractivity contribution in [3.63, 3.8) is 0 Å². The van der Waals surface area contributed by atoms with E-state index in [0.717, 1.165) is 41.6 Å². The van der Waals surface area contributed by atoms with Crippen LogP contribution in [-0.2, 0) is 13.1 Å². The number of fused-ring (bicyclic) bond motifs is 1. The molecule has 0 aliphatic carbocycles. The van der Waals surface area contributed by atoms with Gasteiger partial charge in [-0.05, 0) is 56.1 Å². The van der Waals surface area contributed by atoms with Crippen molar-refractivity contribution in [2.24, 2.45) is 0 Å². The molecule has 1 fully saturated rings. The van der Waals surface area contributed by atoms with Crippen LogP contribution < -0.4 is 0 Å². The molecule has 0 saturated carbocycles. The second-order valence-electron chi connectivity index (χ2n) is 6.55. The van der Waals surface area contributed by atoms with Crippen LogP contribution in [0.2, 0.25) is 5.02 Å². The van der Waals surface area contributed by atoms with Crippen LogP contribution in [-0.4, -0.2) is 32.0 Å². The number of aromatic nitrogens is 3. The molecule has 1 saturated heterocycles. The van der Waals surface area contributed by atoms with E-state index in [4.69, 9.17) is 16.6 Å². The van der Waals surface area contributed by atoms with E-state index in [1.807, 2.05) is 30.5 Å². The van der Waals surface area contributed by atoms with Crippen molar-refractivity contribution in [1.29, 1.82) is 0 Å². The molecule has 24 heavy (non-hydrogen) atoms. The van der Waals surface area contributed by atoms with Crippen molar-refractivity contribution in [3.05, 3.63) is 59.0 Å². The fourth-order valence-corrected chi connectivity index (χ4v) is 3.60. The summed E-state index contributed by atoms with van der Waals surface area (Å²) in [6, 6.07) is 12.6. The molecule has 1 aromatic carbocycles. The van der Waals surface area contributed by atoms with Gasteiger partial charge < -0.3 is 4.57 Å². The van der Waals surface area contributed by atoms with E-state index >= 15 is 0 Å². The van der Waals surface area contributed by atoms with Crippen LogP contribution in [0.5, 0.6) is 0 Å². The van der Waals surface area contributed by atoms with Crippen LogP contribution in [0.4, 0.5) is 0 Å². The summed E-state index contributed by atoms with van der Waals surface area (Å²) in [7, 11) is 0. The van der Waals surface area contributed by atoms with E-state index < -0.39 is 0 Å². The number of hydrogen-bond acceptors (Lipinski definition) is 3. The summed E-state index contributed by atoms with van der Waals surface area (Å²) in [6.07, 6.45) is 4.39. The summed E-state index contributed by atoms with van der Waals surface area (Å²) in [6.45, 7) is 5.10. The molecule has 5 heteroatoms. The maximum absolute atomic E-state index is 6.01. The van der Waals surface area contributed by atoms with Crippen molar-refractivity contribution in [1.82, 2.24) is 19.4 Å². The Bertz CT molecular complexity index is 840. The minimum Gasteiger partial charge on any atom is -0.307 e. The lowest BCUT2D eigenvalue weighted by atomic mass is 10.2. The Morgan fingerprint density at radius 1 is 1.17 bits per heavy atom. The first-order chi connectivity index (χ1) is 11.7. The third-order valence-corrected chi connectivity index (χ3v) is 5.12. The van der Waals surface area contributed by atoms with Gasteiger partial charge in [0.15, 0.2) is 5.65 Å². The third kappa shape index (κ3) is 3.04. The number of likely N-dealkylation sites (tertiary alicyclic amines) is 1. The van der Waals surface area contributed by atoms with Crippen molar-refractivity contribution in [3.8, 4) is 0 Å². The van der Waals surface area contributed by atoms with Crippen LogP contribution in [0.15, 0.2) is 42.6 Å². The predicted molar refractivity (Wildman–Crippen MR) is 97.2 cm³/mol. The molecule has 124 valence electrons. The first-order valence-electron chi connectivity index (χ1n) is 8.49. The molecular weight excluding hydrogens is 320 g/mol. The average Bonchev–Trinajstić information content (AvgIpc) is 3.14. The number of halogens is 1. The second-order valence-corrected chi connectivity index (χ2v) is 6.98. The lowest BCUT2D eigenvalue weighted by Crippen LogP contribution is -2.28. The highest BCUT2D eigenvalue weighted by Gasteiger charge is 2.23. The molecule has 3 heterocycles. The van der Waals surface area contributed by atoms with Gasteiger partial charge in [0.2, 0.25) is 0 Å². The quantitative estimate of drug-likeness (QED) is 0.716. The molecular formula is C19H21ClN4. The highest BCUT2D eigenvalue weighted by Crippen LogP contribution is 2.22. The molecule has 4 nitrogen and oxygen atoms in total. The van der Waals surface area contributed by atoms with E-state index in [9.17, 15) is 0 Å². The number of benzene rings is 1. The van der Waals surface area contributed by atoms with Gasteiger partial charge in [-0.1, -0.05) is 23.7 Å². The summed E-state index contributed by atoms with van der Waals surface area (Å²) in [5, 5.41) is 0.762. The molecule has 1 atom stereocenters. The van der Waals surface area contributed by atoms with Gasteiger partial charge >= 0.3 is 0 Å². The first kappa shape index (κ1) is 15.6. The topological polar surface area (TPSA) is 34.0 Å². The Kier molecular flexibility index (Phi) is 4.25. The van der Waals surface area contributed by atoms with Gasteiger partial charge in [0.05, 0.1) is 13.1 Å². The molecule has 0 radical (unpaired) electrons. The van der Waals surface area contributed by atoms with Crippen LogP contribution >= 0.6 is 11.6 Å². The fraction of sp³-hybridized carbons (Fsp3) is 0.368. The smallest absolute Gasteiger partial charge is 0.160 e. The van der Waals surface area contributed by atoms with Crippen LogP contribution in [0.25, 0.3) is 11.2 Å². The summed E-state index contributed by atoms with van der Waals surface area (Å²) < 4.78 is 2.24. The number of nitrogens with zero attached hydrogens (tertiary/aromatic N) is 4. The average molecular weight is 341 g/mol. The zero-order chi connectivity index (χ0) is 16.5. The van der Waals surface area contributed by atoms with Gasteiger partial charge in [-0.2, -0.15) is 0 Å². The molecule has 1 unspecified atom stereocenters. The maximum atomic E-state index is 6.01. The zero-order valence-corrected chi connectivity index (χ0v) is 14.6. The number of hydrogen-bond donors (Lipinski definition) is 0. The van der Waals surface area contributed by atoms with Crippen molar-refractivity contribution in [2.45, 2.75) is 38.9 Å². The largest absolute Gasteiger partial charge is 0.307 e. The van der Waals surface area contributed by atoms with Gasteiger partial charge in [0.1, 0.15) is 11.3 Å². The highest BCUT2D eigenvalue weighted by atomic mass is 35.5. The molecule has 3 aromatic rings. The Morgan fingerprint density at radius 2 is 2.00 bits per heavy atom. The zero-order valence-electron chi connectivity index (χ0n) is 13.8. The highest BCUT2D eigenvalue weighted by molar-refractivity contribution is 6.30. The standard InChI is InChI=1S/C19H21ClN4/c1-14-4-3-11-23(14)13-18-22-17-5-2-10-21-19(17)24(18)12-15-6-8-16(20)9-7-15/h2,5-10,14H,3-4,11-13H2,1H3. The normalized spacial score (nSPS) is 18.5. The van der Waals surface area contributed by atoms with Gasteiger partial charge in [0, 0.05) is 17.3 Å². The summed E-state index contributed by atoms with van der Waals surface area (Å²) in [4.78, 5) is 11.9. The molecule has 2 aromatic heterocycles. The monoisotopic (exact) mass is 340 g/mol. The van der Waals surface area contributed by atoms with E-state index in [1.54, 1.807) is 0 Å². The molecule has 0 bridgehead atoms. The fourth-order valence-electron chi connectivity index (χ4n) is 3.47. The second kappa shape index (κ2) is 6.54. The van der Waals surface area contributed by atoms with Crippen molar-refractivity contribution < 1.29 is 0 Å². The van der Waals surface area contributed by atoms with Gasteiger partial charge in [-0.25, -0.2) is 9.97 Å². The number of rotatable bonds is 4. The van der Waals surface area contributed by atoms with E-state index in [0.29, 0.717) is 6.04 Å². The molecule has 0 N–H and O–H groups in total. The van der Waals surface area contributed by atoms with Crippen LogP contribution in [0, 0.1) is 0 Å². The Labute approximate surface area is 147 Å². The van der Waals surface area contributed by atoms with Crippen LogP contribution in [0.3, 0.4) is 0 Å². The van der Waals surface area contributed by atoms with Gasteiger partial charge in [0.25, 0.3) is 0 Å². The Morgan fingerprint density at radius 3 is 2.75 bits per heavy atom. The van der Waals surface area contributed by atoms with Crippen molar-refractivity contribution in [2.75, 3.05) is 6.54 Å². The van der Waals surface area contributed by atoms with Gasteiger partial charge in [-0.3, -0.25) is 4.90 Å².